The van der Waals surface area contributed by atoms with Gasteiger partial charge in [-0.05, 0) is 43.2 Å². The quantitative estimate of drug-likeness (QED) is 0.273. The molecule has 0 aliphatic carbocycles. The van der Waals surface area contributed by atoms with Crippen LogP contribution in [0, 0.1) is 0 Å². The third-order valence-electron chi connectivity index (χ3n) is 5.54. The first-order valence-corrected chi connectivity index (χ1v) is 11.5. The van der Waals surface area contributed by atoms with Gasteiger partial charge in [0.15, 0.2) is 0 Å². The second-order valence-electron chi connectivity index (χ2n) is 7.66. The van der Waals surface area contributed by atoms with Gasteiger partial charge >= 0.3 is 0 Å². The van der Waals surface area contributed by atoms with Crippen LogP contribution in [0.4, 0.5) is 0 Å². The predicted molar refractivity (Wildman–Crippen MR) is 128 cm³/mol. The Balaban J connectivity index is 1.71. The number of benzene rings is 2. The van der Waals surface area contributed by atoms with E-state index in [4.69, 9.17) is 4.74 Å². The van der Waals surface area contributed by atoms with Crippen LogP contribution in [0.2, 0.25) is 0 Å². The first kappa shape index (κ1) is 22.8. The zero-order chi connectivity index (χ0) is 23.4. The van der Waals surface area contributed by atoms with Crippen LogP contribution in [-0.4, -0.2) is 44.4 Å². The van der Waals surface area contributed by atoms with Gasteiger partial charge in [0.05, 0.1) is 24.5 Å². The number of aliphatic hydroxyl groups excluding tert-OH is 1. The Labute approximate surface area is 200 Å². The lowest BCUT2D eigenvalue weighted by atomic mass is 9.95. The predicted octanol–water partition coefficient (Wildman–Crippen LogP) is 4.56. The molecule has 1 N–H and O–H groups in total. The van der Waals surface area contributed by atoms with Crippen molar-refractivity contribution in [2.24, 2.45) is 0 Å². The summed E-state index contributed by atoms with van der Waals surface area (Å²) in [6, 6.07) is 13.6. The zero-order valence-corrected chi connectivity index (χ0v) is 19.7. The zero-order valence-electron chi connectivity index (χ0n) is 18.1. The number of carbonyl (C=O) groups excluding carboxylic acids is 2. The second-order valence-corrected chi connectivity index (χ2v) is 8.57. The molecule has 7 nitrogen and oxygen atoms in total. The van der Waals surface area contributed by atoms with Crippen molar-refractivity contribution in [3.05, 3.63) is 88.4 Å². The molecule has 1 aromatic heterocycles. The van der Waals surface area contributed by atoms with E-state index in [1.165, 1.54) is 0 Å². The molecule has 1 fully saturated rings. The van der Waals surface area contributed by atoms with Crippen LogP contribution >= 0.6 is 15.9 Å². The number of nitrogens with zero attached hydrogens (tertiary/aromatic N) is 3. The van der Waals surface area contributed by atoms with Gasteiger partial charge in [-0.15, -0.1) is 0 Å². The van der Waals surface area contributed by atoms with E-state index in [0.29, 0.717) is 37.4 Å². The maximum absolute atomic E-state index is 13.1. The molecule has 1 amide bonds. The number of imidazole rings is 1. The number of aryl methyl sites for hydroxylation is 1. The fraction of sp³-hybridized carbons (Fsp3) is 0.240. The van der Waals surface area contributed by atoms with Crippen LogP contribution in [0.1, 0.15) is 30.5 Å². The normalized spacial score (nSPS) is 17.5. The number of aliphatic hydroxyl groups is 1. The fourth-order valence-electron chi connectivity index (χ4n) is 3.98. The van der Waals surface area contributed by atoms with Crippen molar-refractivity contribution < 1.29 is 19.4 Å². The standard InChI is InChI=1S/C25H24BrN3O4/c1-2-33-20-10-6-17(7-11-20)22-21(23(30)18-4-8-19(26)9-5-18)24(31)25(32)29(22)14-3-13-28-15-12-27-16-28/h4-12,15-16,22,30H,2-3,13-14H2,1H3/b23-21+. The summed E-state index contributed by atoms with van der Waals surface area (Å²) in [5, 5.41) is 11.1. The summed E-state index contributed by atoms with van der Waals surface area (Å²) in [6.45, 7) is 3.46. The van der Waals surface area contributed by atoms with Gasteiger partial charge in [0, 0.05) is 35.5 Å². The average molecular weight is 510 g/mol. The van der Waals surface area contributed by atoms with E-state index < -0.39 is 17.7 Å². The summed E-state index contributed by atoms with van der Waals surface area (Å²) >= 11 is 3.38. The van der Waals surface area contributed by atoms with Crippen LogP contribution in [0.25, 0.3) is 5.76 Å². The van der Waals surface area contributed by atoms with Crippen molar-refractivity contribution >= 4 is 33.4 Å². The lowest BCUT2D eigenvalue weighted by molar-refractivity contribution is -0.139. The maximum Gasteiger partial charge on any atom is 0.295 e. The number of ether oxygens (including phenoxy) is 1. The van der Waals surface area contributed by atoms with E-state index in [9.17, 15) is 14.7 Å². The molecule has 1 saturated heterocycles. The van der Waals surface area contributed by atoms with Crippen molar-refractivity contribution in [2.75, 3.05) is 13.2 Å². The Bertz CT molecular complexity index is 1160. The van der Waals surface area contributed by atoms with E-state index in [1.807, 2.05) is 42.0 Å². The van der Waals surface area contributed by atoms with Gasteiger partial charge in [-0.2, -0.15) is 0 Å². The molecule has 3 aromatic rings. The molecule has 0 bridgehead atoms. The Morgan fingerprint density at radius 2 is 1.82 bits per heavy atom. The number of ketones is 1. The molecular weight excluding hydrogens is 486 g/mol. The number of halogens is 1. The minimum Gasteiger partial charge on any atom is -0.507 e. The molecule has 2 aromatic carbocycles. The first-order valence-electron chi connectivity index (χ1n) is 10.7. The van der Waals surface area contributed by atoms with Crippen molar-refractivity contribution in [2.45, 2.75) is 25.9 Å². The average Bonchev–Trinajstić information content (AvgIpc) is 3.42. The topological polar surface area (TPSA) is 84.7 Å². The third kappa shape index (κ3) is 4.85. The molecule has 33 heavy (non-hydrogen) atoms. The Kier molecular flexibility index (Phi) is 6.93. The number of carbonyl (C=O) groups is 2. The monoisotopic (exact) mass is 509 g/mol. The van der Waals surface area contributed by atoms with Crippen molar-refractivity contribution in [1.29, 1.82) is 0 Å². The second kappa shape index (κ2) is 10.0. The largest absolute Gasteiger partial charge is 0.507 e. The number of aromatic nitrogens is 2. The number of hydrogen-bond donors (Lipinski definition) is 1. The summed E-state index contributed by atoms with van der Waals surface area (Å²) in [5.74, 6) is -0.779. The molecule has 0 saturated carbocycles. The molecule has 1 unspecified atom stereocenters. The number of amides is 1. The lowest BCUT2D eigenvalue weighted by Crippen LogP contribution is -2.31. The van der Waals surface area contributed by atoms with Crippen LogP contribution in [-0.2, 0) is 16.1 Å². The summed E-state index contributed by atoms with van der Waals surface area (Å²) < 4.78 is 8.30. The highest BCUT2D eigenvalue weighted by Gasteiger charge is 2.45. The highest BCUT2D eigenvalue weighted by Crippen LogP contribution is 2.40. The van der Waals surface area contributed by atoms with Gasteiger partial charge < -0.3 is 19.3 Å². The molecule has 2 heterocycles. The number of hydrogen-bond acceptors (Lipinski definition) is 5. The van der Waals surface area contributed by atoms with Crippen LogP contribution in [0.3, 0.4) is 0 Å². The number of likely N-dealkylation sites (tertiary alicyclic amines) is 1. The van der Waals surface area contributed by atoms with E-state index >= 15 is 0 Å². The summed E-state index contributed by atoms with van der Waals surface area (Å²) in [6.07, 6.45) is 5.90. The molecule has 1 atom stereocenters. The summed E-state index contributed by atoms with van der Waals surface area (Å²) in [4.78, 5) is 31.7. The highest BCUT2D eigenvalue weighted by molar-refractivity contribution is 9.10. The van der Waals surface area contributed by atoms with E-state index in [1.54, 1.807) is 41.7 Å². The molecule has 0 radical (unpaired) electrons. The van der Waals surface area contributed by atoms with Crippen LogP contribution < -0.4 is 4.74 Å². The summed E-state index contributed by atoms with van der Waals surface area (Å²) in [7, 11) is 0. The van der Waals surface area contributed by atoms with E-state index in [0.717, 1.165) is 10.0 Å². The maximum atomic E-state index is 13.1. The van der Waals surface area contributed by atoms with E-state index in [2.05, 4.69) is 20.9 Å². The van der Waals surface area contributed by atoms with E-state index in [-0.39, 0.29) is 11.3 Å². The molecule has 8 heteroatoms. The minimum absolute atomic E-state index is 0.0918. The van der Waals surface area contributed by atoms with Gasteiger partial charge in [0.1, 0.15) is 11.5 Å². The SMILES string of the molecule is CCOc1ccc(C2/C(=C(\O)c3ccc(Br)cc3)C(=O)C(=O)N2CCCn2ccnc2)cc1. The minimum atomic E-state index is -0.688. The molecule has 1 aliphatic rings. The van der Waals surface area contributed by atoms with Gasteiger partial charge in [0.25, 0.3) is 11.7 Å². The lowest BCUT2D eigenvalue weighted by Gasteiger charge is -2.25. The molecular formula is C25H24BrN3O4. The van der Waals surface area contributed by atoms with Crippen LogP contribution in [0.5, 0.6) is 5.75 Å². The van der Waals surface area contributed by atoms with Crippen molar-refractivity contribution in [1.82, 2.24) is 14.5 Å². The summed E-state index contributed by atoms with van der Waals surface area (Å²) in [5.41, 5.74) is 1.30. The Hall–Kier alpha value is -3.39. The number of rotatable bonds is 8. The van der Waals surface area contributed by atoms with Crippen molar-refractivity contribution in [3.63, 3.8) is 0 Å². The van der Waals surface area contributed by atoms with Gasteiger partial charge in [0.2, 0.25) is 0 Å². The smallest absolute Gasteiger partial charge is 0.295 e. The molecule has 0 spiro atoms. The number of Topliss-reactive ketones (excluding diaryl/α,β-unsaturated/α-hetero) is 1. The molecule has 1 aliphatic heterocycles. The van der Waals surface area contributed by atoms with Gasteiger partial charge in [-0.25, -0.2) is 4.98 Å². The van der Waals surface area contributed by atoms with Crippen molar-refractivity contribution in [3.8, 4) is 5.75 Å². The Morgan fingerprint density at radius 3 is 2.45 bits per heavy atom. The molecule has 4 rings (SSSR count). The first-order chi connectivity index (χ1) is 16.0. The third-order valence-corrected chi connectivity index (χ3v) is 6.07. The highest BCUT2D eigenvalue weighted by atomic mass is 79.9. The fourth-order valence-corrected chi connectivity index (χ4v) is 4.24. The van der Waals surface area contributed by atoms with Gasteiger partial charge in [-0.1, -0.05) is 40.2 Å². The van der Waals surface area contributed by atoms with Crippen LogP contribution in [0.15, 0.2) is 77.3 Å². The molecule has 170 valence electrons. The van der Waals surface area contributed by atoms with Gasteiger partial charge in [-0.3, -0.25) is 9.59 Å². The Morgan fingerprint density at radius 1 is 1.09 bits per heavy atom.